The van der Waals surface area contributed by atoms with Crippen molar-refractivity contribution in [3.8, 4) is 0 Å². The van der Waals surface area contributed by atoms with Gasteiger partial charge in [0.15, 0.2) is 0 Å². The summed E-state index contributed by atoms with van der Waals surface area (Å²) in [5, 5.41) is 5.07. The highest BCUT2D eigenvalue weighted by Gasteiger charge is 2.14. The monoisotopic (exact) mass is 300 g/mol. The van der Waals surface area contributed by atoms with Crippen molar-refractivity contribution >= 4 is 22.9 Å². The van der Waals surface area contributed by atoms with Crippen molar-refractivity contribution in [3.63, 3.8) is 0 Å². The van der Waals surface area contributed by atoms with Crippen molar-refractivity contribution in [1.82, 2.24) is 4.90 Å². The number of hydrogen-bond acceptors (Lipinski definition) is 3. The van der Waals surface area contributed by atoms with Gasteiger partial charge in [0.1, 0.15) is 0 Å². The summed E-state index contributed by atoms with van der Waals surface area (Å²) in [6, 6.07) is 12.1. The van der Waals surface area contributed by atoms with Gasteiger partial charge in [0.25, 0.3) is 0 Å². The van der Waals surface area contributed by atoms with Gasteiger partial charge in [0, 0.05) is 17.1 Å². The molecule has 0 aliphatic carbocycles. The maximum Gasteiger partial charge on any atom is 0.229 e. The first-order chi connectivity index (χ1) is 10.3. The van der Waals surface area contributed by atoms with E-state index in [0.717, 1.165) is 30.2 Å². The van der Waals surface area contributed by atoms with E-state index in [1.807, 2.05) is 35.7 Å². The fourth-order valence-electron chi connectivity index (χ4n) is 2.73. The molecule has 1 aliphatic rings. The molecule has 0 bridgehead atoms. The quantitative estimate of drug-likeness (QED) is 0.916. The Balaban J connectivity index is 1.65. The predicted octanol–water partition coefficient (Wildman–Crippen LogP) is 3.53. The number of amides is 1. The smallest absolute Gasteiger partial charge is 0.229 e. The number of thiophene rings is 1. The minimum Gasteiger partial charge on any atom is -0.325 e. The molecule has 3 rings (SSSR count). The standard InChI is InChI=1S/C17H20N2OS/c20-17(12-15-7-5-11-21-15)18-16-8-2-1-6-14(16)13-19-9-3-4-10-19/h1-2,5-8,11H,3-4,9-10,12-13H2,(H,18,20). The van der Waals surface area contributed by atoms with Crippen LogP contribution in [0.2, 0.25) is 0 Å². The largest absolute Gasteiger partial charge is 0.325 e. The molecule has 1 saturated heterocycles. The molecule has 0 atom stereocenters. The van der Waals surface area contributed by atoms with Gasteiger partial charge in [-0.3, -0.25) is 9.69 Å². The number of anilines is 1. The molecule has 1 aromatic heterocycles. The minimum atomic E-state index is 0.0614. The van der Waals surface area contributed by atoms with E-state index >= 15 is 0 Å². The van der Waals surface area contributed by atoms with Crippen molar-refractivity contribution < 1.29 is 4.79 Å². The van der Waals surface area contributed by atoms with Crippen LogP contribution >= 0.6 is 11.3 Å². The molecule has 0 saturated carbocycles. The van der Waals surface area contributed by atoms with Gasteiger partial charge in [-0.25, -0.2) is 0 Å². The second-order valence-electron chi connectivity index (χ2n) is 5.44. The molecule has 21 heavy (non-hydrogen) atoms. The number of likely N-dealkylation sites (tertiary alicyclic amines) is 1. The second kappa shape index (κ2) is 6.87. The summed E-state index contributed by atoms with van der Waals surface area (Å²) >= 11 is 1.62. The van der Waals surface area contributed by atoms with Crippen LogP contribution in [0.1, 0.15) is 23.3 Å². The zero-order valence-electron chi connectivity index (χ0n) is 12.0. The zero-order valence-corrected chi connectivity index (χ0v) is 12.9. The van der Waals surface area contributed by atoms with Crippen molar-refractivity contribution in [3.05, 3.63) is 52.2 Å². The van der Waals surface area contributed by atoms with Gasteiger partial charge in [-0.15, -0.1) is 11.3 Å². The van der Waals surface area contributed by atoms with Crippen molar-refractivity contribution in [1.29, 1.82) is 0 Å². The maximum atomic E-state index is 12.2. The Morgan fingerprint density at radius 3 is 2.71 bits per heavy atom. The Kier molecular flexibility index (Phi) is 4.68. The fourth-order valence-corrected chi connectivity index (χ4v) is 3.43. The van der Waals surface area contributed by atoms with Gasteiger partial charge in [-0.2, -0.15) is 0 Å². The summed E-state index contributed by atoms with van der Waals surface area (Å²) < 4.78 is 0. The molecule has 0 radical (unpaired) electrons. The lowest BCUT2D eigenvalue weighted by molar-refractivity contribution is -0.115. The molecule has 0 spiro atoms. The predicted molar refractivity (Wildman–Crippen MR) is 87.6 cm³/mol. The lowest BCUT2D eigenvalue weighted by atomic mass is 10.1. The minimum absolute atomic E-state index is 0.0614. The van der Waals surface area contributed by atoms with Gasteiger partial charge < -0.3 is 5.32 Å². The van der Waals surface area contributed by atoms with E-state index in [0.29, 0.717) is 6.42 Å². The van der Waals surface area contributed by atoms with E-state index in [9.17, 15) is 4.79 Å². The number of hydrogen-bond donors (Lipinski definition) is 1. The molecular formula is C17H20N2OS. The summed E-state index contributed by atoms with van der Waals surface area (Å²) in [5.74, 6) is 0.0614. The van der Waals surface area contributed by atoms with Gasteiger partial charge in [0.05, 0.1) is 6.42 Å². The van der Waals surface area contributed by atoms with Crippen LogP contribution in [0.3, 0.4) is 0 Å². The van der Waals surface area contributed by atoms with Crippen molar-refractivity contribution in [2.45, 2.75) is 25.8 Å². The first-order valence-electron chi connectivity index (χ1n) is 7.44. The second-order valence-corrected chi connectivity index (χ2v) is 6.48. The van der Waals surface area contributed by atoms with Crippen LogP contribution in [0.4, 0.5) is 5.69 Å². The Morgan fingerprint density at radius 1 is 1.14 bits per heavy atom. The molecule has 1 amide bonds. The van der Waals surface area contributed by atoms with Crippen LogP contribution in [-0.4, -0.2) is 23.9 Å². The van der Waals surface area contributed by atoms with E-state index in [1.165, 1.54) is 18.4 Å². The number of nitrogens with zero attached hydrogens (tertiary/aromatic N) is 1. The van der Waals surface area contributed by atoms with E-state index in [2.05, 4.69) is 16.3 Å². The summed E-state index contributed by atoms with van der Waals surface area (Å²) in [4.78, 5) is 15.7. The molecule has 1 fully saturated rings. The summed E-state index contributed by atoms with van der Waals surface area (Å²) in [6.45, 7) is 3.25. The highest BCUT2D eigenvalue weighted by molar-refractivity contribution is 7.10. The lowest BCUT2D eigenvalue weighted by Crippen LogP contribution is -2.21. The SMILES string of the molecule is O=C(Cc1cccs1)Nc1ccccc1CN1CCCC1. The molecular weight excluding hydrogens is 280 g/mol. The van der Waals surface area contributed by atoms with Gasteiger partial charge in [0.2, 0.25) is 5.91 Å². The summed E-state index contributed by atoms with van der Waals surface area (Å²) in [5.41, 5.74) is 2.16. The highest BCUT2D eigenvalue weighted by atomic mass is 32.1. The van der Waals surface area contributed by atoms with Gasteiger partial charge >= 0.3 is 0 Å². The molecule has 1 N–H and O–H groups in total. The number of para-hydroxylation sites is 1. The number of nitrogens with one attached hydrogen (secondary N) is 1. The molecule has 2 heterocycles. The Bertz CT molecular complexity index is 589. The number of benzene rings is 1. The third-order valence-electron chi connectivity index (χ3n) is 3.80. The molecule has 1 aromatic carbocycles. The summed E-state index contributed by atoms with van der Waals surface area (Å²) in [6.07, 6.45) is 3.02. The van der Waals surface area contributed by atoms with Crippen LogP contribution < -0.4 is 5.32 Å². The zero-order chi connectivity index (χ0) is 14.5. The van der Waals surface area contributed by atoms with Crippen molar-refractivity contribution in [2.75, 3.05) is 18.4 Å². The number of carbonyl (C=O) groups is 1. The normalized spacial score (nSPS) is 15.2. The third-order valence-corrected chi connectivity index (χ3v) is 4.68. The third kappa shape index (κ3) is 3.93. The first kappa shape index (κ1) is 14.3. The van der Waals surface area contributed by atoms with E-state index < -0.39 is 0 Å². The molecule has 4 heteroatoms. The van der Waals surface area contributed by atoms with Crippen LogP contribution in [0, 0.1) is 0 Å². The van der Waals surface area contributed by atoms with Gasteiger partial charge in [-0.05, 0) is 49.0 Å². The average molecular weight is 300 g/mol. The summed E-state index contributed by atoms with van der Waals surface area (Å²) in [7, 11) is 0. The molecule has 110 valence electrons. The average Bonchev–Trinajstić information content (AvgIpc) is 3.14. The van der Waals surface area contributed by atoms with Crippen molar-refractivity contribution in [2.24, 2.45) is 0 Å². The van der Waals surface area contributed by atoms with Crippen LogP contribution in [0.15, 0.2) is 41.8 Å². The first-order valence-corrected chi connectivity index (χ1v) is 8.32. The topological polar surface area (TPSA) is 32.3 Å². The molecule has 1 aliphatic heterocycles. The van der Waals surface area contributed by atoms with E-state index in [4.69, 9.17) is 0 Å². The highest BCUT2D eigenvalue weighted by Crippen LogP contribution is 2.20. The van der Waals surface area contributed by atoms with Crippen LogP contribution in [-0.2, 0) is 17.8 Å². The fraction of sp³-hybridized carbons (Fsp3) is 0.353. The lowest BCUT2D eigenvalue weighted by Gasteiger charge is -2.17. The molecule has 3 nitrogen and oxygen atoms in total. The Morgan fingerprint density at radius 2 is 1.95 bits per heavy atom. The van der Waals surface area contributed by atoms with E-state index in [1.54, 1.807) is 11.3 Å². The molecule has 2 aromatic rings. The maximum absolute atomic E-state index is 12.2. The van der Waals surface area contributed by atoms with Crippen LogP contribution in [0.5, 0.6) is 0 Å². The Hall–Kier alpha value is -1.65. The van der Waals surface area contributed by atoms with E-state index in [-0.39, 0.29) is 5.91 Å². The Labute approximate surface area is 129 Å². The molecule has 0 unspecified atom stereocenters. The number of rotatable bonds is 5. The van der Waals surface area contributed by atoms with Crippen LogP contribution in [0.25, 0.3) is 0 Å². The van der Waals surface area contributed by atoms with Gasteiger partial charge in [-0.1, -0.05) is 24.3 Å². The number of carbonyl (C=O) groups excluding carboxylic acids is 1.